The number of hydrogen-bond donors (Lipinski definition) is 1. The van der Waals surface area contributed by atoms with E-state index < -0.39 is 0 Å². The Labute approximate surface area is 118 Å². The number of ether oxygens (including phenoxy) is 2. The fourth-order valence-electron chi connectivity index (χ4n) is 2.40. The monoisotopic (exact) mass is 285 g/mol. The molecule has 1 unspecified atom stereocenters. The van der Waals surface area contributed by atoms with Crippen molar-refractivity contribution in [3.05, 3.63) is 22.7 Å². The van der Waals surface area contributed by atoms with Gasteiger partial charge in [-0.05, 0) is 26.0 Å². The second kappa shape index (κ2) is 6.46. The summed E-state index contributed by atoms with van der Waals surface area (Å²) in [7, 11) is 3.53. The van der Waals surface area contributed by atoms with Gasteiger partial charge in [0.05, 0.1) is 13.2 Å². The van der Waals surface area contributed by atoms with Gasteiger partial charge in [-0.1, -0.05) is 11.6 Å². The van der Waals surface area contributed by atoms with Crippen molar-refractivity contribution in [2.24, 2.45) is 0 Å². The molecule has 0 bridgehead atoms. The smallest absolute Gasteiger partial charge is 0.162 e. The van der Waals surface area contributed by atoms with Gasteiger partial charge in [0.25, 0.3) is 0 Å². The summed E-state index contributed by atoms with van der Waals surface area (Å²) in [5.74, 6) is 0.569. The van der Waals surface area contributed by atoms with Gasteiger partial charge in [-0.3, -0.25) is 4.90 Å². The summed E-state index contributed by atoms with van der Waals surface area (Å²) in [6, 6.07) is 3.38. The van der Waals surface area contributed by atoms with Crippen LogP contribution in [-0.2, 0) is 11.3 Å². The van der Waals surface area contributed by atoms with Gasteiger partial charge in [-0.2, -0.15) is 0 Å². The Morgan fingerprint density at radius 2 is 2.32 bits per heavy atom. The molecular formula is C14H20ClNO3. The summed E-state index contributed by atoms with van der Waals surface area (Å²) in [5.41, 5.74) is 0.768. The fourth-order valence-corrected chi connectivity index (χ4v) is 2.63. The van der Waals surface area contributed by atoms with Crippen LogP contribution in [-0.4, -0.2) is 43.4 Å². The molecule has 5 heteroatoms. The van der Waals surface area contributed by atoms with Crippen LogP contribution in [0.2, 0.25) is 5.02 Å². The van der Waals surface area contributed by atoms with Crippen LogP contribution in [0.15, 0.2) is 12.1 Å². The van der Waals surface area contributed by atoms with E-state index in [-0.39, 0.29) is 5.75 Å². The zero-order valence-corrected chi connectivity index (χ0v) is 12.1. The Kier molecular flexibility index (Phi) is 4.91. The molecular weight excluding hydrogens is 266 g/mol. The summed E-state index contributed by atoms with van der Waals surface area (Å²) in [5, 5.41) is 10.6. The first-order chi connectivity index (χ1) is 9.10. The molecule has 1 aliphatic rings. The predicted octanol–water partition coefficient (Wildman–Crippen LogP) is 2.67. The molecule has 0 spiro atoms. The Hall–Kier alpha value is -0.970. The van der Waals surface area contributed by atoms with Crippen molar-refractivity contribution >= 4 is 11.6 Å². The third kappa shape index (κ3) is 3.75. The molecule has 1 aliphatic heterocycles. The highest BCUT2D eigenvalue weighted by Crippen LogP contribution is 2.34. The molecule has 1 aromatic rings. The van der Waals surface area contributed by atoms with Gasteiger partial charge in [-0.25, -0.2) is 0 Å². The Morgan fingerprint density at radius 3 is 2.95 bits per heavy atom. The minimum atomic E-state index is 0.158. The minimum Gasteiger partial charge on any atom is -0.504 e. The summed E-state index contributed by atoms with van der Waals surface area (Å²) < 4.78 is 10.7. The number of rotatable bonds is 5. The van der Waals surface area contributed by atoms with Crippen molar-refractivity contribution in [1.29, 1.82) is 0 Å². The van der Waals surface area contributed by atoms with E-state index in [4.69, 9.17) is 21.1 Å². The van der Waals surface area contributed by atoms with E-state index >= 15 is 0 Å². The van der Waals surface area contributed by atoms with Crippen molar-refractivity contribution in [3.63, 3.8) is 0 Å². The molecule has 0 aromatic heterocycles. The summed E-state index contributed by atoms with van der Waals surface area (Å²) in [4.78, 5) is 2.13. The lowest BCUT2D eigenvalue weighted by Gasteiger charge is -2.21. The van der Waals surface area contributed by atoms with E-state index in [0.717, 1.165) is 31.6 Å². The Balaban J connectivity index is 2.03. The van der Waals surface area contributed by atoms with E-state index in [1.54, 1.807) is 12.1 Å². The first-order valence-corrected chi connectivity index (χ1v) is 6.83. The number of hydrogen-bond acceptors (Lipinski definition) is 4. The maximum atomic E-state index is 10.1. The molecule has 106 valence electrons. The largest absolute Gasteiger partial charge is 0.504 e. The van der Waals surface area contributed by atoms with Gasteiger partial charge in [0.1, 0.15) is 0 Å². The number of methoxy groups -OCH3 is 1. The van der Waals surface area contributed by atoms with Gasteiger partial charge in [0, 0.05) is 36.3 Å². The van der Waals surface area contributed by atoms with Gasteiger partial charge in [0.15, 0.2) is 11.5 Å². The number of likely N-dealkylation sites (N-methyl/N-ethyl adjacent to an activating group) is 1. The van der Waals surface area contributed by atoms with Crippen molar-refractivity contribution in [1.82, 2.24) is 4.90 Å². The zero-order valence-electron chi connectivity index (χ0n) is 11.4. The fraction of sp³-hybridized carbons (Fsp3) is 0.571. The second-order valence-electron chi connectivity index (χ2n) is 4.95. The average molecular weight is 286 g/mol. The van der Waals surface area contributed by atoms with Crippen LogP contribution >= 0.6 is 11.6 Å². The molecule has 0 radical (unpaired) electrons. The van der Waals surface area contributed by atoms with Crippen molar-refractivity contribution in [2.45, 2.75) is 25.5 Å². The van der Waals surface area contributed by atoms with E-state index in [1.807, 2.05) is 7.05 Å². The maximum Gasteiger partial charge on any atom is 0.162 e. The van der Waals surface area contributed by atoms with Gasteiger partial charge in [-0.15, -0.1) is 0 Å². The Bertz CT molecular complexity index is 433. The number of nitrogens with zero attached hydrogens (tertiary/aromatic N) is 1. The number of aromatic hydroxyl groups is 1. The quantitative estimate of drug-likeness (QED) is 0.903. The van der Waals surface area contributed by atoms with Crippen LogP contribution in [0.4, 0.5) is 0 Å². The summed E-state index contributed by atoms with van der Waals surface area (Å²) in [6.07, 6.45) is 2.54. The second-order valence-corrected chi connectivity index (χ2v) is 5.38. The minimum absolute atomic E-state index is 0.158. The highest BCUT2D eigenvalue weighted by molar-refractivity contribution is 6.30. The molecule has 4 nitrogen and oxygen atoms in total. The number of halogens is 1. The SMILES string of the molecule is COc1cc(Cl)cc(CN(C)CC2CCCO2)c1O. The lowest BCUT2D eigenvalue weighted by atomic mass is 10.1. The van der Waals surface area contributed by atoms with Crippen LogP contribution in [0.1, 0.15) is 18.4 Å². The number of phenols is 1. The molecule has 1 atom stereocenters. The van der Waals surface area contributed by atoms with Crippen LogP contribution in [0.5, 0.6) is 11.5 Å². The molecule has 0 amide bonds. The molecule has 2 rings (SSSR count). The first kappa shape index (κ1) is 14.4. The zero-order chi connectivity index (χ0) is 13.8. The van der Waals surface area contributed by atoms with E-state index in [9.17, 15) is 5.11 Å². The number of benzene rings is 1. The third-order valence-electron chi connectivity index (χ3n) is 3.32. The molecule has 1 N–H and O–H groups in total. The third-order valence-corrected chi connectivity index (χ3v) is 3.54. The maximum absolute atomic E-state index is 10.1. The Morgan fingerprint density at radius 1 is 1.53 bits per heavy atom. The van der Waals surface area contributed by atoms with Crippen LogP contribution in [0.3, 0.4) is 0 Å². The van der Waals surface area contributed by atoms with Gasteiger partial charge >= 0.3 is 0 Å². The van der Waals surface area contributed by atoms with Gasteiger partial charge < -0.3 is 14.6 Å². The average Bonchev–Trinajstić information content (AvgIpc) is 2.86. The van der Waals surface area contributed by atoms with Crippen LogP contribution in [0.25, 0.3) is 0 Å². The normalized spacial score (nSPS) is 19.1. The van der Waals surface area contributed by atoms with Crippen LogP contribution < -0.4 is 4.74 Å². The predicted molar refractivity (Wildman–Crippen MR) is 75.0 cm³/mol. The molecule has 19 heavy (non-hydrogen) atoms. The van der Waals surface area contributed by atoms with Crippen molar-refractivity contribution in [3.8, 4) is 11.5 Å². The van der Waals surface area contributed by atoms with Crippen molar-refractivity contribution in [2.75, 3.05) is 27.3 Å². The highest BCUT2D eigenvalue weighted by Gasteiger charge is 2.19. The lowest BCUT2D eigenvalue weighted by Crippen LogP contribution is -2.28. The molecule has 0 saturated carbocycles. The van der Waals surface area contributed by atoms with Crippen molar-refractivity contribution < 1.29 is 14.6 Å². The molecule has 0 aliphatic carbocycles. The summed E-state index contributed by atoms with van der Waals surface area (Å²) in [6.45, 7) is 2.33. The lowest BCUT2D eigenvalue weighted by molar-refractivity contribution is 0.0791. The molecule has 1 heterocycles. The first-order valence-electron chi connectivity index (χ1n) is 6.45. The standard InChI is InChI=1S/C14H20ClNO3/c1-16(9-12-4-3-5-19-12)8-10-6-11(15)7-13(18-2)14(10)17/h6-7,12,17H,3-5,8-9H2,1-2H3. The number of phenolic OH excluding ortho intramolecular Hbond substituents is 1. The highest BCUT2D eigenvalue weighted by atomic mass is 35.5. The summed E-state index contributed by atoms with van der Waals surface area (Å²) >= 11 is 6.02. The molecule has 1 fully saturated rings. The molecule has 1 aromatic carbocycles. The van der Waals surface area contributed by atoms with E-state index in [1.165, 1.54) is 7.11 Å². The van der Waals surface area contributed by atoms with E-state index in [2.05, 4.69) is 4.90 Å². The topological polar surface area (TPSA) is 41.9 Å². The molecule has 1 saturated heterocycles. The van der Waals surface area contributed by atoms with Crippen LogP contribution in [0, 0.1) is 0 Å². The van der Waals surface area contributed by atoms with Gasteiger partial charge in [0.2, 0.25) is 0 Å². The van der Waals surface area contributed by atoms with E-state index in [0.29, 0.717) is 23.4 Å².